The normalized spacial score (nSPS) is 11.0. The van der Waals surface area contributed by atoms with Gasteiger partial charge in [0.05, 0.1) is 33.4 Å². The molecule has 2 aromatic heterocycles. The Morgan fingerprint density at radius 2 is 0.688 bits per heavy atom. The van der Waals surface area contributed by atoms with Crippen molar-refractivity contribution in [1.82, 2.24) is 9.13 Å². The molecule has 0 aliphatic carbocycles. The van der Waals surface area contributed by atoms with Crippen molar-refractivity contribution >= 4 is 54.4 Å². The molecule has 0 aliphatic rings. The summed E-state index contributed by atoms with van der Waals surface area (Å²) in [6.07, 6.45) is 10.6. The topological polar surface area (TPSA) is 9.86 Å². The van der Waals surface area contributed by atoms with Gasteiger partial charge in [-0.25, -0.2) is 0 Å². The summed E-state index contributed by atoms with van der Waals surface area (Å²) in [5.74, 6) is 0. The van der Waals surface area contributed by atoms with Crippen molar-refractivity contribution in [2.75, 3.05) is 0 Å². The number of allylic oxidation sites excluding steroid dienone is 4. The van der Waals surface area contributed by atoms with E-state index in [-0.39, 0.29) is 0 Å². The van der Waals surface area contributed by atoms with E-state index in [0.717, 1.165) is 5.69 Å². The van der Waals surface area contributed by atoms with Crippen molar-refractivity contribution in [2.45, 2.75) is 68.2 Å². The predicted molar refractivity (Wildman–Crippen MR) is 352 cm³/mol. The second kappa shape index (κ2) is 26.9. The number of hydrogen-bond donors (Lipinski definition) is 0. The Morgan fingerprint density at radius 1 is 0.300 bits per heavy atom. The molecule has 13 rings (SSSR count). The first-order valence-corrected chi connectivity index (χ1v) is 28.6. The van der Waals surface area contributed by atoms with Gasteiger partial charge in [0, 0.05) is 32.7 Å². The van der Waals surface area contributed by atoms with E-state index in [0.29, 0.717) is 0 Å². The van der Waals surface area contributed by atoms with E-state index in [9.17, 15) is 0 Å². The molecule has 13 aromatic rings. The molecule has 0 saturated heterocycles. The zero-order chi connectivity index (χ0) is 55.8. The van der Waals surface area contributed by atoms with Crippen LogP contribution in [0, 0.1) is 13.8 Å². The van der Waals surface area contributed by atoms with E-state index >= 15 is 0 Å². The van der Waals surface area contributed by atoms with Gasteiger partial charge in [0.1, 0.15) is 0 Å². The monoisotopic (exact) mass is 1040 g/mol. The predicted octanol–water partition coefficient (Wildman–Crippen LogP) is 23.0. The lowest BCUT2D eigenvalue weighted by Gasteiger charge is -2.15. The molecule has 0 atom stereocenters. The van der Waals surface area contributed by atoms with Crippen LogP contribution in [0.3, 0.4) is 0 Å². The molecule has 11 aromatic carbocycles. The molecular weight excluding hydrogens is 965 g/mol. The van der Waals surface area contributed by atoms with Gasteiger partial charge in [0.2, 0.25) is 0 Å². The first kappa shape index (κ1) is 55.5. The number of rotatable bonds is 8. The number of unbranched alkanes of at least 4 members (excludes halogenated alkanes) is 1. The smallest absolute Gasteiger partial charge is 0.0541 e. The van der Waals surface area contributed by atoms with Crippen molar-refractivity contribution in [1.29, 1.82) is 0 Å². The largest absolute Gasteiger partial charge is 0.309 e. The van der Waals surface area contributed by atoms with Gasteiger partial charge in [-0.3, -0.25) is 0 Å². The zero-order valence-corrected chi connectivity index (χ0v) is 47.9. The maximum absolute atomic E-state index is 2.45. The number of aromatic nitrogens is 2. The van der Waals surface area contributed by atoms with Gasteiger partial charge in [-0.15, -0.1) is 0 Å². The standard InChI is InChI=1S/C58H38N2.C8H10.C6H10.C4H10.C2H6/c1-2-16-40(17-3-1)47-21-6-10-25-53(47)59-55-27-12-8-23-49(55)51-37-44(31-33-57(51)59)45-32-34-58-52(38-45)50-24-9-13-28-56(50)60(58)54-26-11-7-22-48(54)46-20-14-19-42(36-46)43-30-29-39-15-4-5-18-41(39)35-43;1-7-5-3-4-6-8(7)2;1-3-5-6-4-2;1-3-4-2;1-2/h1-38H;3-6H,1-2H3;3-6H,1-2H3;3-4H2,1-2H3;1-2H3/b;;5-3-,6-4-;;. The molecule has 0 radical (unpaired) electrons. The molecule has 0 spiro atoms. The summed E-state index contributed by atoms with van der Waals surface area (Å²) in [4.78, 5) is 0. The molecule has 0 saturated carbocycles. The van der Waals surface area contributed by atoms with Gasteiger partial charge in [-0.1, -0.05) is 259 Å². The van der Waals surface area contributed by atoms with Crippen molar-refractivity contribution in [3.63, 3.8) is 0 Å². The Morgan fingerprint density at radius 3 is 1.21 bits per heavy atom. The molecule has 80 heavy (non-hydrogen) atoms. The Balaban J connectivity index is 0.000000333. The van der Waals surface area contributed by atoms with Crippen LogP contribution >= 0.6 is 0 Å². The van der Waals surface area contributed by atoms with Crippen LogP contribution in [0.2, 0.25) is 0 Å². The Hall–Kier alpha value is -9.24. The Bertz CT molecular complexity index is 4190. The zero-order valence-electron chi connectivity index (χ0n) is 47.9. The van der Waals surface area contributed by atoms with Crippen LogP contribution in [0.25, 0.3) is 110 Å². The van der Waals surface area contributed by atoms with Gasteiger partial charge < -0.3 is 9.13 Å². The highest BCUT2D eigenvalue weighted by molar-refractivity contribution is 6.13. The van der Waals surface area contributed by atoms with E-state index in [4.69, 9.17) is 0 Å². The lowest BCUT2D eigenvalue weighted by atomic mass is 9.96. The average molecular weight is 1040 g/mol. The maximum Gasteiger partial charge on any atom is 0.0541 e. The maximum atomic E-state index is 2.45. The number of nitrogens with zero attached hydrogens (tertiary/aromatic N) is 2. The van der Waals surface area contributed by atoms with Crippen molar-refractivity contribution in [3.05, 3.63) is 290 Å². The average Bonchev–Trinajstić information content (AvgIpc) is 4.12. The van der Waals surface area contributed by atoms with E-state index in [1.807, 2.05) is 52.0 Å². The first-order chi connectivity index (χ1) is 39.4. The summed E-state index contributed by atoms with van der Waals surface area (Å²) in [7, 11) is 0. The van der Waals surface area contributed by atoms with E-state index < -0.39 is 0 Å². The van der Waals surface area contributed by atoms with Crippen molar-refractivity contribution < 1.29 is 0 Å². The summed E-state index contributed by atoms with van der Waals surface area (Å²) in [5.41, 5.74) is 19.5. The number of fused-ring (bicyclic) bond motifs is 7. The molecule has 2 heterocycles. The van der Waals surface area contributed by atoms with Gasteiger partial charge in [-0.05, 0) is 144 Å². The first-order valence-electron chi connectivity index (χ1n) is 28.6. The fourth-order valence-electron chi connectivity index (χ4n) is 10.4. The van der Waals surface area contributed by atoms with Gasteiger partial charge >= 0.3 is 0 Å². The van der Waals surface area contributed by atoms with E-state index in [1.165, 1.54) is 129 Å². The van der Waals surface area contributed by atoms with Crippen LogP contribution in [0.1, 0.15) is 65.5 Å². The summed E-state index contributed by atoms with van der Waals surface area (Å²) >= 11 is 0. The minimum absolute atomic E-state index is 1.16. The molecule has 0 N–H and O–H groups in total. The second-order valence-corrected chi connectivity index (χ2v) is 19.8. The molecule has 0 unspecified atom stereocenters. The Kier molecular flexibility index (Phi) is 18.7. The lowest BCUT2D eigenvalue weighted by molar-refractivity contribution is 0.886. The molecule has 2 nitrogen and oxygen atoms in total. The molecule has 0 amide bonds. The molecule has 396 valence electrons. The van der Waals surface area contributed by atoms with Crippen LogP contribution < -0.4 is 0 Å². The number of benzene rings is 11. The third-order valence-corrected chi connectivity index (χ3v) is 14.7. The number of aryl methyl sites for hydroxylation is 2. The SMILES string of the molecule is C/C=C\C=C/C.CC.CCCC.Cc1ccccc1C.c1ccc(-c2ccccc2-n2c3ccccc3c3cc(-c4ccc5c(c4)c4ccccc4n5-c4ccccc4-c4cccc(-c5ccc6ccccc6c5)c4)ccc32)cc1. The summed E-state index contributed by atoms with van der Waals surface area (Å²) in [6, 6.07) is 92.6. The summed E-state index contributed by atoms with van der Waals surface area (Å²) in [6.45, 7) is 16.6. The quantitative estimate of drug-likeness (QED) is 0.134. The summed E-state index contributed by atoms with van der Waals surface area (Å²) < 4.78 is 4.88. The number of para-hydroxylation sites is 4. The molecular formula is C78H74N2. The molecule has 2 heteroatoms. The van der Waals surface area contributed by atoms with Crippen LogP contribution in [0.5, 0.6) is 0 Å². The van der Waals surface area contributed by atoms with Crippen molar-refractivity contribution in [3.8, 4) is 55.9 Å². The second-order valence-electron chi connectivity index (χ2n) is 19.8. The highest BCUT2D eigenvalue weighted by atomic mass is 15.0. The summed E-state index contributed by atoms with van der Waals surface area (Å²) in [5, 5.41) is 7.48. The van der Waals surface area contributed by atoms with Crippen LogP contribution in [-0.4, -0.2) is 9.13 Å². The molecule has 0 fully saturated rings. The van der Waals surface area contributed by atoms with Crippen molar-refractivity contribution in [2.24, 2.45) is 0 Å². The third kappa shape index (κ3) is 12.1. The molecule has 0 bridgehead atoms. The lowest BCUT2D eigenvalue weighted by Crippen LogP contribution is -1.97. The Labute approximate surface area is 475 Å². The fourth-order valence-corrected chi connectivity index (χ4v) is 10.4. The van der Waals surface area contributed by atoms with Crippen LogP contribution in [0.4, 0.5) is 0 Å². The minimum atomic E-state index is 1.16. The fraction of sp³-hybridized carbons (Fsp3) is 0.128. The van der Waals surface area contributed by atoms with Crippen LogP contribution in [0.15, 0.2) is 279 Å². The number of hydrogen-bond acceptors (Lipinski definition) is 0. The van der Waals surface area contributed by atoms with Crippen LogP contribution in [-0.2, 0) is 0 Å². The minimum Gasteiger partial charge on any atom is -0.309 e. The molecule has 0 aliphatic heterocycles. The van der Waals surface area contributed by atoms with Gasteiger partial charge in [-0.2, -0.15) is 0 Å². The van der Waals surface area contributed by atoms with Gasteiger partial charge in [0.15, 0.2) is 0 Å². The van der Waals surface area contributed by atoms with Gasteiger partial charge in [0.25, 0.3) is 0 Å². The highest BCUT2D eigenvalue weighted by Gasteiger charge is 2.19. The third-order valence-electron chi connectivity index (χ3n) is 14.7. The highest BCUT2D eigenvalue weighted by Crippen LogP contribution is 2.41. The van der Waals surface area contributed by atoms with E-state index in [2.05, 4.69) is 292 Å². The van der Waals surface area contributed by atoms with E-state index in [1.54, 1.807) is 0 Å².